The Hall–Kier alpha value is -1.68. The van der Waals surface area contributed by atoms with Gasteiger partial charge in [-0.2, -0.15) is 0 Å². The fourth-order valence-corrected chi connectivity index (χ4v) is 1.35. The molecular weight excluding hydrogens is 202 g/mol. The lowest BCUT2D eigenvalue weighted by molar-refractivity contribution is 0.112. The van der Waals surface area contributed by atoms with Crippen molar-refractivity contribution in [3.05, 3.63) is 35.4 Å². The summed E-state index contributed by atoms with van der Waals surface area (Å²) in [4.78, 5) is 21.4. The molecule has 0 spiro atoms. The summed E-state index contributed by atoms with van der Waals surface area (Å²) in [5.74, 6) is 0. The second-order valence-corrected chi connectivity index (χ2v) is 2.99. The second kappa shape index (κ2) is 3.59. The molecule has 0 aliphatic carbocycles. The predicted octanol–water partition coefficient (Wildman–Crippen LogP) is 1.94. The van der Waals surface area contributed by atoms with Crippen LogP contribution in [-0.4, -0.2) is 21.2 Å². The largest absolute Gasteiger partial charge is 0.360 e. The number of carbonyl (C=O) groups excluding carboxylic acids is 1. The van der Waals surface area contributed by atoms with Crippen molar-refractivity contribution in [2.45, 2.75) is 0 Å². The Morgan fingerprint density at radius 2 is 2.29 bits per heavy atom. The number of hydrogen-bond acceptors (Lipinski definition) is 3. The molecule has 2 rings (SSSR count). The molecule has 0 fully saturated rings. The molecule has 0 saturated carbocycles. The third-order valence-corrected chi connectivity index (χ3v) is 2.11. The highest BCUT2D eigenvalue weighted by molar-refractivity contribution is 6.32. The Kier molecular flexibility index (Phi) is 2.28. The van der Waals surface area contributed by atoms with E-state index in [1.165, 1.54) is 6.33 Å². The lowest BCUT2D eigenvalue weighted by Gasteiger charge is -2.01. The lowest BCUT2D eigenvalue weighted by atomic mass is 10.2. The van der Waals surface area contributed by atoms with Gasteiger partial charge in [0.2, 0.25) is 0 Å². The van der Waals surface area contributed by atoms with Gasteiger partial charge in [-0.15, -0.1) is 0 Å². The Morgan fingerprint density at radius 3 is 2.93 bits per heavy atom. The van der Waals surface area contributed by atoms with Gasteiger partial charge in [0.25, 0.3) is 0 Å². The fraction of sp³-hybridized carbons (Fsp3) is 0. The minimum Gasteiger partial charge on any atom is -0.360 e. The first kappa shape index (κ1) is 8.90. The number of aromatic amines is 1. The van der Waals surface area contributed by atoms with Crippen LogP contribution in [0.4, 0.5) is 0 Å². The summed E-state index contributed by atoms with van der Waals surface area (Å²) in [6.45, 7) is 0. The highest BCUT2D eigenvalue weighted by Gasteiger charge is 2.10. The molecule has 0 aliphatic heterocycles. The van der Waals surface area contributed by atoms with E-state index in [2.05, 4.69) is 15.0 Å². The number of rotatable bonds is 2. The normalized spacial score (nSPS) is 10.1. The lowest BCUT2D eigenvalue weighted by Crippen LogP contribution is -1.95. The third-order valence-electron chi connectivity index (χ3n) is 1.81. The molecule has 0 saturated heterocycles. The van der Waals surface area contributed by atoms with Crippen LogP contribution in [0.15, 0.2) is 24.7 Å². The Morgan fingerprint density at radius 1 is 1.43 bits per heavy atom. The molecule has 2 heterocycles. The van der Waals surface area contributed by atoms with Crippen molar-refractivity contribution in [1.82, 2.24) is 15.0 Å². The smallest absolute Gasteiger partial charge is 0.155 e. The van der Waals surface area contributed by atoms with Crippen molar-refractivity contribution in [3.63, 3.8) is 0 Å². The molecule has 0 aliphatic rings. The van der Waals surface area contributed by atoms with Gasteiger partial charge in [-0.25, -0.2) is 9.97 Å². The van der Waals surface area contributed by atoms with Crippen molar-refractivity contribution in [1.29, 1.82) is 0 Å². The predicted molar refractivity (Wildman–Crippen MR) is 52.2 cm³/mol. The van der Waals surface area contributed by atoms with Crippen LogP contribution in [0.5, 0.6) is 0 Å². The molecule has 4 nitrogen and oxygen atoms in total. The minimum absolute atomic E-state index is 0.166. The molecule has 0 unspecified atom stereocenters. The molecule has 1 N–H and O–H groups in total. The number of halogens is 1. The van der Waals surface area contributed by atoms with Gasteiger partial charge >= 0.3 is 0 Å². The monoisotopic (exact) mass is 207 g/mol. The number of carbonyl (C=O) groups is 1. The summed E-state index contributed by atoms with van der Waals surface area (Å²) in [5, 5.41) is 0.166. The maximum Gasteiger partial charge on any atom is 0.155 e. The molecule has 14 heavy (non-hydrogen) atoms. The van der Waals surface area contributed by atoms with Gasteiger partial charge in [0.1, 0.15) is 17.2 Å². The van der Waals surface area contributed by atoms with Crippen molar-refractivity contribution in [3.8, 4) is 11.4 Å². The standard InChI is InChI=1S/C9H6ClN3O/c10-9-6(4-14)8(12-5-13-9)7-2-1-3-11-7/h1-5,11H. The van der Waals surface area contributed by atoms with Crippen LogP contribution in [0.3, 0.4) is 0 Å². The van der Waals surface area contributed by atoms with Crippen LogP contribution in [0.25, 0.3) is 11.4 Å². The summed E-state index contributed by atoms with van der Waals surface area (Å²) < 4.78 is 0. The molecule has 2 aromatic rings. The number of H-pyrrole nitrogens is 1. The molecular formula is C9H6ClN3O. The van der Waals surface area contributed by atoms with Crippen molar-refractivity contribution >= 4 is 17.9 Å². The average molecular weight is 208 g/mol. The summed E-state index contributed by atoms with van der Waals surface area (Å²) in [7, 11) is 0. The van der Waals surface area contributed by atoms with Gasteiger partial charge in [-0.05, 0) is 12.1 Å². The first-order valence-electron chi connectivity index (χ1n) is 3.92. The van der Waals surface area contributed by atoms with Crippen LogP contribution in [0.1, 0.15) is 10.4 Å². The SMILES string of the molecule is O=Cc1c(Cl)ncnc1-c1ccc[nH]1. The van der Waals surface area contributed by atoms with Gasteiger partial charge in [0.05, 0.1) is 11.3 Å². The van der Waals surface area contributed by atoms with Crippen LogP contribution < -0.4 is 0 Å². The zero-order chi connectivity index (χ0) is 9.97. The van der Waals surface area contributed by atoms with E-state index >= 15 is 0 Å². The van der Waals surface area contributed by atoms with Gasteiger partial charge in [0, 0.05) is 6.20 Å². The fourth-order valence-electron chi connectivity index (χ4n) is 1.17. The van der Waals surface area contributed by atoms with Gasteiger partial charge in [-0.1, -0.05) is 11.6 Å². The van der Waals surface area contributed by atoms with Crippen LogP contribution in [0, 0.1) is 0 Å². The van der Waals surface area contributed by atoms with Crippen molar-refractivity contribution in [2.75, 3.05) is 0 Å². The molecule has 0 radical (unpaired) electrons. The van der Waals surface area contributed by atoms with Crippen LogP contribution in [-0.2, 0) is 0 Å². The zero-order valence-corrected chi connectivity index (χ0v) is 7.82. The third kappa shape index (κ3) is 1.40. The number of aromatic nitrogens is 3. The number of nitrogens with one attached hydrogen (secondary N) is 1. The van der Waals surface area contributed by atoms with E-state index in [-0.39, 0.29) is 5.15 Å². The Balaban J connectivity index is 2.64. The van der Waals surface area contributed by atoms with E-state index in [0.717, 1.165) is 5.69 Å². The first-order valence-corrected chi connectivity index (χ1v) is 4.30. The van der Waals surface area contributed by atoms with Crippen molar-refractivity contribution < 1.29 is 4.79 Å². The molecule has 2 aromatic heterocycles. The molecule has 5 heteroatoms. The Bertz CT molecular complexity index is 453. The molecule has 70 valence electrons. The number of aldehydes is 1. The quantitative estimate of drug-likeness (QED) is 0.605. The highest BCUT2D eigenvalue weighted by atomic mass is 35.5. The Labute approximate surface area is 85.0 Å². The summed E-state index contributed by atoms with van der Waals surface area (Å²) in [6, 6.07) is 3.63. The molecule has 0 amide bonds. The second-order valence-electron chi connectivity index (χ2n) is 2.63. The molecule has 0 atom stereocenters. The van der Waals surface area contributed by atoms with E-state index in [9.17, 15) is 4.79 Å². The van der Waals surface area contributed by atoms with Crippen LogP contribution in [0.2, 0.25) is 5.15 Å². The van der Waals surface area contributed by atoms with Crippen molar-refractivity contribution in [2.24, 2.45) is 0 Å². The average Bonchev–Trinajstić information content (AvgIpc) is 2.70. The van der Waals surface area contributed by atoms with E-state index in [4.69, 9.17) is 11.6 Å². The first-order chi connectivity index (χ1) is 6.83. The van der Waals surface area contributed by atoms with E-state index in [1.54, 1.807) is 6.20 Å². The molecule has 0 aromatic carbocycles. The van der Waals surface area contributed by atoms with Gasteiger partial charge < -0.3 is 4.98 Å². The van der Waals surface area contributed by atoms with Gasteiger partial charge in [0.15, 0.2) is 6.29 Å². The van der Waals surface area contributed by atoms with Gasteiger partial charge in [-0.3, -0.25) is 4.79 Å². The van der Waals surface area contributed by atoms with Crippen LogP contribution >= 0.6 is 11.6 Å². The van der Waals surface area contributed by atoms with E-state index in [1.807, 2.05) is 12.1 Å². The highest BCUT2D eigenvalue weighted by Crippen LogP contribution is 2.21. The maximum atomic E-state index is 10.8. The summed E-state index contributed by atoms with van der Waals surface area (Å²) in [5.41, 5.74) is 1.57. The number of nitrogens with zero attached hydrogens (tertiary/aromatic N) is 2. The minimum atomic E-state index is 0.166. The summed E-state index contributed by atoms with van der Waals surface area (Å²) in [6.07, 6.45) is 3.73. The van der Waals surface area contributed by atoms with E-state index in [0.29, 0.717) is 17.5 Å². The molecule has 0 bridgehead atoms. The maximum absolute atomic E-state index is 10.8. The number of hydrogen-bond donors (Lipinski definition) is 1. The topological polar surface area (TPSA) is 58.6 Å². The zero-order valence-electron chi connectivity index (χ0n) is 7.07. The van der Waals surface area contributed by atoms with E-state index < -0.39 is 0 Å². The summed E-state index contributed by atoms with van der Waals surface area (Å²) >= 11 is 5.75.